The number of sulfone groups is 1. The minimum atomic E-state index is -3.28. The summed E-state index contributed by atoms with van der Waals surface area (Å²) < 4.78 is 23.3. The van der Waals surface area contributed by atoms with Gasteiger partial charge in [-0.25, -0.2) is 8.42 Å². The van der Waals surface area contributed by atoms with Crippen molar-refractivity contribution < 1.29 is 13.2 Å². The zero-order chi connectivity index (χ0) is 13.1. The van der Waals surface area contributed by atoms with Crippen LogP contribution in [-0.2, 0) is 14.6 Å². The van der Waals surface area contributed by atoms with Crippen LogP contribution in [-0.4, -0.2) is 56.4 Å². The topological polar surface area (TPSA) is 66.5 Å². The number of carbonyl (C=O) groups is 1. The minimum absolute atomic E-state index is 0. The lowest BCUT2D eigenvalue weighted by Crippen LogP contribution is -2.48. The third-order valence-electron chi connectivity index (χ3n) is 3.23. The molecule has 7 heteroatoms. The zero-order valence-electron chi connectivity index (χ0n) is 11.2. The number of likely N-dealkylation sites (N-methyl/N-ethyl adjacent to an activating group) is 1. The van der Waals surface area contributed by atoms with Crippen molar-refractivity contribution in [2.24, 2.45) is 0 Å². The molecule has 1 N–H and O–H groups in total. The molecule has 0 aromatic carbocycles. The predicted octanol–water partition coefficient (Wildman–Crippen LogP) is 0.442. The molecule has 0 spiro atoms. The zero-order valence-corrected chi connectivity index (χ0v) is 12.8. The first-order valence-electron chi connectivity index (χ1n) is 6.03. The van der Waals surface area contributed by atoms with E-state index < -0.39 is 15.1 Å². The van der Waals surface area contributed by atoms with Gasteiger partial charge in [0, 0.05) is 19.1 Å². The molecule has 1 amide bonds. The summed E-state index contributed by atoms with van der Waals surface area (Å²) >= 11 is 0. The number of nitrogens with one attached hydrogen (secondary N) is 1. The monoisotopic (exact) mass is 298 g/mol. The van der Waals surface area contributed by atoms with Crippen molar-refractivity contribution in [1.29, 1.82) is 0 Å². The molecule has 1 heterocycles. The van der Waals surface area contributed by atoms with Gasteiger partial charge in [0.1, 0.15) is 5.75 Å². The fourth-order valence-electron chi connectivity index (χ4n) is 1.87. The summed E-state index contributed by atoms with van der Waals surface area (Å²) in [6, 6.07) is 0.287. The molecule has 1 rings (SSSR count). The number of halogens is 1. The van der Waals surface area contributed by atoms with Crippen molar-refractivity contribution in [3.05, 3.63) is 0 Å². The molecule has 0 aromatic rings. The lowest BCUT2D eigenvalue weighted by Gasteiger charge is -2.32. The van der Waals surface area contributed by atoms with Crippen LogP contribution in [0, 0.1) is 0 Å². The molecule has 1 saturated heterocycles. The molecular weight excluding hydrogens is 276 g/mol. The van der Waals surface area contributed by atoms with Gasteiger partial charge in [0.25, 0.3) is 0 Å². The molecule has 5 nitrogen and oxygen atoms in total. The maximum absolute atomic E-state index is 11.9. The Kier molecular flexibility index (Phi) is 7.17. The number of carbonyl (C=O) groups excluding carboxylic acids is 1. The van der Waals surface area contributed by atoms with E-state index in [1.54, 1.807) is 18.7 Å². The predicted molar refractivity (Wildman–Crippen MR) is 74.8 cm³/mol. The van der Waals surface area contributed by atoms with E-state index >= 15 is 0 Å². The van der Waals surface area contributed by atoms with E-state index in [0.717, 1.165) is 12.8 Å². The van der Waals surface area contributed by atoms with Crippen molar-refractivity contribution in [3.8, 4) is 0 Å². The molecule has 0 bridgehead atoms. The fraction of sp³-hybridized carbons (Fsp3) is 0.909. The second-order valence-corrected chi connectivity index (χ2v) is 7.38. The molecule has 0 aliphatic carbocycles. The first-order valence-corrected chi connectivity index (χ1v) is 7.75. The first-order chi connectivity index (χ1) is 7.86. The number of piperidine rings is 1. The van der Waals surface area contributed by atoms with E-state index in [1.807, 2.05) is 7.05 Å². The summed E-state index contributed by atoms with van der Waals surface area (Å²) in [6.07, 6.45) is 1.97. The van der Waals surface area contributed by atoms with E-state index in [2.05, 4.69) is 5.32 Å². The maximum atomic E-state index is 11.9. The van der Waals surface area contributed by atoms with Crippen LogP contribution in [0.5, 0.6) is 0 Å². The Morgan fingerprint density at radius 1 is 1.44 bits per heavy atom. The van der Waals surface area contributed by atoms with Crippen molar-refractivity contribution >= 4 is 28.2 Å². The van der Waals surface area contributed by atoms with Gasteiger partial charge in [0.15, 0.2) is 9.84 Å². The lowest BCUT2D eigenvalue weighted by molar-refractivity contribution is -0.129. The normalized spacial score (nSPS) is 20.7. The van der Waals surface area contributed by atoms with Crippen molar-refractivity contribution in [1.82, 2.24) is 10.2 Å². The van der Waals surface area contributed by atoms with Crippen LogP contribution in [0.15, 0.2) is 0 Å². The Balaban J connectivity index is 0.00000289. The van der Waals surface area contributed by atoms with Gasteiger partial charge < -0.3 is 10.2 Å². The highest BCUT2D eigenvalue weighted by molar-refractivity contribution is 7.92. The molecule has 1 aliphatic heterocycles. The third-order valence-corrected chi connectivity index (χ3v) is 5.31. The van der Waals surface area contributed by atoms with Gasteiger partial charge in [-0.1, -0.05) is 0 Å². The fourth-order valence-corrected chi connectivity index (χ4v) is 2.73. The van der Waals surface area contributed by atoms with Crippen molar-refractivity contribution in [3.63, 3.8) is 0 Å². The number of amides is 1. The number of likely N-dealkylation sites (tertiary alicyclic amines) is 1. The summed E-state index contributed by atoms with van der Waals surface area (Å²) in [7, 11) is -1.42. The van der Waals surface area contributed by atoms with E-state index in [0.29, 0.717) is 13.1 Å². The highest BCUT2D eigenvalue weighted by Gasteiger charge is 2.27. The molecule has 0 aromatic heterocycles. The van der Waals surface area contributed by atoms with E-state index in [-0.39, 0.29) is 30.1 Å². The number of hydrogen-bond donors (Lipinski definition) is 1. The Bertz CT molecular complexity index is 370. The molecule has 108 valence electrons. The summed E-state index contributed by atoms with van der Waals surface area (Å²) in [5.41, 5.74) is 0. The van der Waals surface area contributed by atoms with Gasteiger partial charge in [-0.15, -0.1) is 12.4 Å². The standard InChI is InChI=1S/C11H22N2O3S.ClH/c1-9(2)17(15,16)8-11(14)13-6-4-5-10(7-13)12-3;/h9-10,12H,4-8H2,1-3H3;1H. The van der Waals surface area contributed by atoms with Gasteiger partial charge in [-0.05, 0) is 33.7 Å². The SMILES string of the molecule is CNC1CCCN(C(=O)CS(=O)(=O)C(C)C)C1.Cl. The van der Waals surface area contributed by atoms with Crippen molar-refractivity contribution in [2.75, 3.05) is 25.9 Å². The highest BCUT2D eigenvalue weighted by Crippen LogP contribution is 2.11. The van der Waals surface area contributed by atoms with Gasteiger partial charge in [0.2, 0.25) is 5.91 Å². The molecule has 0 radical (unpaired) electrons. The van der Waals surface area contributed by atoms with Crippen LogP contribution in [0.1, 0.15) is 26.7 Å². The first kappa shape index (κ1) is 17.7. The van der Waals surface area contributed by atoms with Crippen LogP contribution in [0.25, 0.3) is 0 Å². The average molecular weight is 299 g/mol. The highest BCUT2D eigenvalue weighted by atomic mass is 35.5. The van der Waals surface area contributed by atoms with Crippen molar-refractivity contribution in [2.45, 2.75) is 38.0 Å². The molecule has 1 aliphatic rings. The number of nitrogens with zero attached hydrogens (tertiary/aromatic N) is 1. The number of hydrogen-bond acceptors (Lipinski definition) is 4. The maximum Gasteiger partial charge on any atom is 0.237 e. The molecule has 1 atom stereocenters. The smallest absolute Gasteiger partial charge is 0.237 e. The quantitative estimate of drug-likeness (QED) is 0.818. The molecule has 18 heavy (non-hydrogen) atoms. The molecular formula is C11H23ClN2O3S. The van der Waals surface area contributed by atoms with Crippen LogP contribution in [0.2, 0.25) is 0 Å². The molecule has 0 saturated carbocycles. The van der Waals surface area contributed by atoms with Crippen LogP contribution in [0.4, 0.5) is 0 Å². The third kappa shape index (κ3) is 4.74. The second-order valence-electron chi connectivity index (χ2n) is 4.82. The van der Waals surface area contributed by atoms with E-state index in [1.165, 1.54) is 0 Å². The Hall–Kier alpha value is -0.330. The Morgan fingerprint density at radius 2 is 2.06 bits per heavy atom. The summed E-state index contributed by atoms with van der Waals surface area (Å²) in [6.45, 7) is 4.50. The summed E-state index contributed by atoms with van der Waals surface area (Å²) in [5.74, 6) is -0.625. The largest absolute Gasteiger partial charge is 0.340 e. The molecule has 1 fully saturated rings. The Labute approximate surface area is 116 Å². The average Bonchev–Trinajstić information content (AvgIpc) is 2.28. The van der Waals surface area contributed by atoms with Gasteiger partial charge in [-0.2, -0.15) is 0 Å². The summed E-state index contributed by atoms with van der Waals surface area (Å²) in [4.78, 5) is 13.6. The Morgan fingerprint density at radius 3 is 2.56 bits per heavy atom. The van der Waals surface area contributed by atoms with Gasteiger partial charge in [0.05, 0.1) is 5.25 Å². The minimum Gasteiger partial charge on any atom is -0.340 e. The van der Waals surface area contributed by atoms with Crippen LogP contribution < -0.4 is 5.32 Å². The van der Waals surface area contributed by atoms with E-state index in [4.69, 9.17) is 0 Å². The van der Waals surface area contributed by atoms with Gasteiger partial charge >= 0.3 is 0 Å². The summed E-state index contributed by atoms with van der Waals surface area (Å²) in [5, 5.41) is 2.64. The molecule has 1 unspecified atom stereocenters. The number of rotatable bonds is 4. The lowest BCUT2D eigenvalue weighted by atomic mass is 10.1. The second kappa shape index (κ2) is 7.31. The van der Waals surface area contributed by atoms with Gasteiger partial charge in [-0.3, -0.25) is 4.79 Å². The van der Waals surface area contributed by atoms with Crippen LogP contribution >= 0.6 is 12.4 Å². The van der Waals surface area contributed by atoms with Crippen LogP contribution in [0.3, 0.4) is 0 Å². The van der Waals surface area contributed by atoms with E-state index in [9.17, 15) is 13.2 Å².